The first-order chi connectivity index (χ1) is 8.69. The molecule has 0 aromatic heterocycles. The van der Waals surface area contributed by atoms with Crippen LogP contribution in [0.5, 0.6) is 0 Å². The van der Waals surface area contributed by atoms with Gasteiger partial charge in [0.15, 0.2) is 0 Å². The maximum absolute atomic E-state index is 11.9. The van der Waals surface area contributed by atoms with E-state index < -0.39 is 0 Å². The van der Waals surface area contributed by atoms with Crippen molar-refractivity contribution in [3.63, 3.8) is 0 Å². The van der Waals surface area contributed by atoms with Gasteiger partial charge < -0.3 is 10.2 Å². The smallest absolute Gasteiger partial charge is 0.223 e. The minimum absolute atomic E-state index is 0.0925. The lowest BCUT2D eigenvalue weighted by Crippen LogP contribution is -2.43. The average Bonchev–Trinajstić information content (AvgIpc) is 2.39. The van der Waals surface area contributed by atoms with E-state index in [0.717, 1.165) is 45.3 Å². The third-order valence-electron chi connectivity index (χ3n) is 3.36. The Bertz CT molecular complexity index is 276. The summed E-state index contributed by atoms with van der Waals surface area (Å²) >= 11 is 3.28. The molecule has 2 amide bonds. The number of hydrogen-bond donors (Lipinski definition) is 1. The molecule has 5 heteroatoms. The molecule has 0 spiro atoms. The molecule has 18 heavy (non-hydrogen) atoms. The number of unbranched alkanes of at least 4 members (excludes halogenated alkanes) is 1. The summed E-state index contributed by atoms with van der Waals surface area (Å²) in [5.41, 5.74) is 0. The quantitative estimate of drug-likeness (QED) is 0.601. The molecular weight excluding hydrogens is 296 g/mol. The van der Waals surface area contributed by atoms with Crippen molar-refractivity contribution in [3.8, 4) is 0 Å². The molecule has 1 rings (SSSR count). The van der Waals surface area contributed by atoms with Gasteiger partial charge in [-0.2, -0.15) is 0 Å². The van der Waals surface area contributed by atoms with Crippen LogP contribution in [0.3, 0.4) is 0 Å². The number of nitrogens with zero attached hydrogens (tertiary/aromatic N) is 1. The lowest BCUT2D eigenvalue weighted by molar-refractivity contribution is -0.135. The Hall–Kier alpha value is -0.580. The largest absolute Gasteiger partial charge is 0.356 e. The van der Waals surface area contributed by atoms with E-state index in [4.69, 9.17) is 0 Å². The van der Waals surface area contributed by atoms with Crippen molar-refractivity contribution in [3.05, 3.63) is 0 Å². The van der Waals surface area contributed by atoms with Crippen molar-refractivity contribution in [2.45, 2.75) is 39.0 Å². The number of amides is 2. The molecule has 1 aliphatic heterocycles. The number of halogens is 1. The van der Waals surface area contributed by atoms with Crippen LogP contribution in [0.1, 0.15) is 39.0 Å². The Morgan fingerprint density at radius 3 is 2.56 bits per heavy atom. The highest BCUT2D eigenvalue weighted by molar-refractivity contribution is 9.09. The van der Waals surface area contributed by atoms with E-state index in [1.54, 1.807) is 0 Å². The van der Waals surface area contributed by atoms with Crippen LogP contribution >= 0.6 is 15.9 Å². The Morgan fingerprint density at radius 1 is 1.33 bits per heavy atom. The van der Waals surface area contributed by atoms with Gasteiger partial charge in [-0.05, 0) is 19.3 Å². The molecule has 0 atom stereocenters. The fraction of sp³-hybridized carbons (Fsp3) is 0.846. The molecule has 1 fully saturated rings. The number of hydrogen-bond acceptors (Lipinski definition) is 2. The molecule has 0 aromatic rings. The van der Waals surface area contributed by atoms with Gasteiger partial charge in [0, 0.05) is 37.3 Å². The second-order valence-corrected chi connectivity index (χ2v) is 5.53. The summed E-state index contributed by atoms with van der Waals surface area (Å²) in [6, 6.07) is 0. The van der Waals surface area contributed by atoms with Crippen LogP contribution in [-0.4, -0.2) is 41.7 Å². The van der Waals surface area contributed by atoms with E-state index in [1.807, 2.05) is 4.90 Å². The first-order valence-corrected chi connectivity index (χ1v) is 7.92. The number of rotatable bonds is 6. The van der Waals surface area contributed by atoms with Crippen LogP contribution < -0.4 is 5.32 Å². The van der Waals surface area contributed by atoms with Crippen LogP contribution in [-0.2, 0) is 9.59 Å². The Balaban J connectivity index is 2.26. The Morgan fingerprint density at radius 2 is 2.00 bits per heavy atom. The molecule has 4 nitrogen and oxygen atoms in total. The fourth-order valence-electron chi connectivity index (χ4n) is 2.16. The highest BCUT2D eigenvalue weighted by atomic mass is 79.9. The highest BCUT2D eigenvalue weighted by Crippen LogP contribution is 2.18. The highest BCUT2D eigenvalue weighted by Gasteiger charge is 2.26. The predicted octanol–water partition coefficient (Wildman–Crippen LogP) is 1.93. The molecule has 104 valence electrons. The molecule has 0 bridgehead atoms. The van der Waals surface area contributed by atoms with Gasteiger partial charge in [0.25, 0.3) is 0 Å². The number of piperidine rings is 1. The van der Waals surface area contributed by atoms with Crippen molar-refractivity contribution in [2.24, 2.45) is 5.92 Å². The van der Waals surface area contributed by atoms with Gasteiger partial charge in [-0.15, -0.1) is 0 Å². The summed E-state index contributed by atoms with van der Waals surface area (Å²) in [5, 5.41) is 3.68. The van der Waals surface area contributed by atoms with Gasteiger partial charge in [0.1, 0.15) is 0 Å². The minimum atomic E-state index is 0.0925. The van der Waals surface area contributed by atoms with E-state index in [0.29, 0.717) is 11.8 Å². The summed E-state index contributed by atoms with van der Waals surface area (Å²) in [5.74, 6) is 0.447. The van der Waals surface area contributed by atoms with E-state index in [1.165, 1.54) is 0 Å². The lowest BCUT2D eigenvalue weighted by Gasteiger charge is -2.31. The number of nitrogens with one attached hydrogen (secondary N) is 1. The monoisotopic (exact) mass is 318 g/mol. The molecule has 1 aliphatic rings. The zero-order chi connectivity index (χ0) is 13.4. The molecule has 0 saturated carbocycles. The van der Waals surface area contributed by atoms with E-state index in [9.17, 15) is 9.59 Å². The van der Waals surface area contributed by atoms with Crippen LogP contribution in [0.4, 0.5) is 0 Å². The summed E-state index contributed by atoms with van der Waals surface area (Å²) in [6.07, 6.45) is 4.28. The van der Waals surface area contributed by atoms with E-state index >= 15 is 0 Å². The number of alkyl halides is 1. The van der Waals surface area contributed by atoms with E-state index in [2.05, 4.69) is 28.2 Å². The van der Waals surface area contributed by atoms with Crippen LogP contribution in [0.15, 0.2) is 0 Å². The third-order valence-corrected chi connectivity index (χ3v) is 3.75. The fourth-order valence-corrected chi connectivity index (χ4v) is 2.50. The first-order valence-electron chi connectivity index (χ1n) is 6.80. The second-order valence-electron chi connectivity index (χ2n) is 4.74. The molecule has 0 aromatic carbocycles. The maximum atomic E-state index is 11.9. The van der Waals surface area contributed by atoms with Gasteiger partial charge in [-0.25, -0.2) is 0 Å². The summed E-state index contributed by atoms with van der Waals surface area (Å²) in [7, 11) is 0. The van der Waals surface area contributed by atoms with Gasteiger partial charge in [-0.1, -0.05) is 29.3 Å². The number of carbonyl (C=O) groups is 2. The lowest BCUT2D eigenvalue weighted by atomic mass is 9.95. The van der Waals surface area contributed by atoms with Gasteiger partial charge in [-0.3, -0.25) is 9.59 Å². The molecule has 1 heterocycles. The van der Waals surface area contributed by atoms with Gasteiger partial charge in [0.05, 0.1) is 0 Å². The average molecular weight is 319 g/mol. The summed E-state index contributed by atoms with van der Waals surface area (Å²) < 4.78 is 0. The van der Waals surface area contributed by atoms with Gasteiger partial charge >= 0.3 is 0 Å². The molecule has 1 N–H and O–H groups in total. The molecule has 0 aliphatic carbocycles. The van der Waals surface area contributed by atoms with Crippen LogP contribution in [0.25, 0.3) is 0 Å². The Labute approximate surface area is 118 Å². The first kappa shape index (κ1) is 15.5. The van der Waals surface area contributed by atoms with Crippen molar-refractivity contribution >= 4 is 27.7 Å². The molecule has 0 unspecified atom stereocenters. The molecule has 1 saturated heterocycles. The predicted molar refractivity (Wildman–Crippen MR) is 75.6 cm³/mol. The summed E-state index contributed by atoms with van der Waals surface area (Å²) in [6.45, 7) is 4.33. The minimum Gasteiger partial charge on any atom is -0.356 e. The van der Waals surface area contributed by atoms with Crippen molar-refractivity contribution in [1.82, 2.24) is 10.2 Å². The summed E-state index contributed by atoms with van der Waals surface area (Å²) in [4.78, 5) is 25.4. The van der Waals surface area contributed by atoms with Crippen LogP contribution in [0.2, 0.25) is 0 Å². The third kappa shape index (κ3) is 4.96. The SMILES string of the molecule is CCCCNC(=O)C1CCN(C(=O)CCBr)CC1. The topological polar surface area (TPSA) is 49.4 Å². The molecule has 0 radical (unpaired) electrons. The maximum Gasteiger partial charge on any atom is 0.223 e. The van der Waals surface area contributed by atoms with Crippen molar-refractivity contribution < 1.29 is 9.59 Å². The zero-order valence-corrected chi connectivity index (χ0v) is 12.7. The Kier molecular flexibility index (Phi) is 7.32. The molecular formula is C13H23BrN2O2. The second kappa shape index (κ2) is 8.51. The van der Waals surface area contributed by atoms with E-state index in [-0.39, 0.29) is 17.7 Å². The number of carbonyl (C=O) groups excluding carboxylic acids is 2. The van der Waals surface area contributed by atoms with Gasteiger partial charge in [0.2, 0.25) is 11.8 Å². The number of likely N-dealkylation sites (tertiary alicyclic amines) is 1. The van der Waals surface area contributed by atoms with Crippen LogP contribution in [0, 0.1) is 5.92 Å². The van der Waals surface area contributed by atoms with Crippen molar-refractivity contribution in [2.75, 3.05) is 25.0 Å². The zero-order valence-electron chi connectivity index (χ0n) is 11.1. The van der Waals surface area contributed by atoms with Crippen molar-refractivity contribution in [1.29, 1.82) is 0 Å². The normalized spacial score (nSPS) is 16.7. The standard InChI is InChI=1S/C13H23BrN2O2/c1-2-3-8-15-13(18)11-5-9-16(10-6-11)12(17)4-7-14/h11H,2-10H2,1H3,(H,15,18).